The van der Waals surface area contributed by atoms with Crippen LogP contribution in [0.2, 0.25) is 0 Å². The maximum absolute atomic E-state index is 13.0. The zero-order valence-electron chi connectivity index (χ0n) is 11.3. The summed E-state index contributed by atoms with van der Waals surface area (Å²) in [5.74, 6) is -0.190. The predicted octanol–water partition coefficient (Wildman–Crippen LogP) is 4.32. The van der Waals surface area contributed by atoms with Crippen molar-refractivity contribution in [3.05, 3.63) is 65.5 Å². The molecule has 2 aromatic rings. The van der Waals surface area contributed by atoms with Crippen molar-refractivity contribution < 1.29 is 4.39 Å². The van der Waals surface area contributed by atoms with Gasteiger partial charge in [-0.25, -0.2) is 4.39 Å². The molecule has 3 rings (SSSR count). The van der Waals surface area contributed by atoms with Crippen molar-refractivity contribution in [2.45, 2.75) is 35.4 Å². The third-order valence-electron chi connectivity index (χ3n) is 3.85. The molecule has 2 atom stereocenters. The first-order chi connectivity index (χ1) is 9.74. The molecule has 20 heavy (non-hydrogen) atoms. The van der Waals surface area contributed by atoms with Gasteiger partial charge in [-0.3, -0.25) is 0 Å². The molecule has 0 amide bonds. The van der Waals surface area contributed by atoms with Crippen LogP contribution in [0.1, 0.15) is 30.0 Å². The molecule has 0 fully saturated rings. The molecule has 104 valence electrons. The average molecular weight is 287 g/mol. The van der Waals surface area contributed by atoms with Crippen LogP contribution in [-0.4, -0.2) is 5.25 Å². The Kier molecular flexibility index (Phi) is 4.08. The molecule has 3 heteroatoms. The fourth-order valence-electron chi connectivity index (χ4n) is 2.78. The van der Waals surface area contributed by atoms with E-state index < -0.39 is 0 Å². The minimum Gasteiger partial charge on any atom is -0.323 e. The van der Waals surface area contributed by atoms with E-state index in [0.29, 0.717) is 5.25 Å². The van der Waals surface area contributed by atoms with E-state index in [1.165, 1.54) is 23.3 Å². The normalized spacial score (nSPS) is 22.1. The van der Waals surface area contributed by atoms with Gasteiger partial charge in [-0.05, 0) is 54.7 Å². The first-order valence-corrected chi connectivity index (χ1v) is 7.87. The maximum atomic E-state index is 13.0. The lowest BCUT2D eigenvalue weighted by Gasteiger charge is -2.22. The molecule has 0 saturated carbocycles. The second-order valence-electron chi connectivity index (χ2n) is 5.23. The number of aryl methyl sites for hydroxylation is 1. The van der Waals surface area contributed by atoms with Gasteiger partial charge in [-0.1, -0.05) is 24.3 Å². The van der Waals surface area contributed by atoms with Gasteiger partial charge in [0.2, 0.25) is 0 Å². The van der Waals surface area contributed by atoms with Gasteiger partial charge in [0.05, 0.1) is 0 Å². The van der Waals surface area contributed by atoms with Crippen molar-refractivity contribution >= 4 is 11.8 Å². The van der Waals surface area contributed by atoms with Crippen molar-refractivity contribution in [2.24, 2.45) is 5.73 Å². The molecule has 1 nitrogen and oxygen atoms in total. The Hall–Kier alpha value is -1.32. The van der Waals surface area contributed by atoms with Gasteiger partial charge in [-0.2, -0.15) is 0 Å². The van der Waals surface area contributed by atoms with Crippen LogP contribution in [0.4, 0.5) is 4.39 Å². The highest BCUT2D eigenvalue weighted by molar-refractivity contribution is 8.00. The van der Waals surface area contributed by atoms with Crippen LogP contribution in [0.25, 0.3) is 0 Å². The van der Waals surface area contributed by atoms with Crippen molar-refractivity contribution in [3.63, 3.8) is 0 Å². The Labute approximate surface area is 123 Å². The maximum Gasteiger partial charge on any atom is 0.123 e. The first-order valence-electron chi connectivity index (χ1n) is 6.99. The van der Waals surface area contributed by atoms with Crippen LogP contribution in [-0.2, 0) is 6.42 Å². The topological polar surface area (TPSA) is 26.0 Å². The number of hydrogen-bond acceptors (Lipinski definition) is 2. The molecule has 0 heterocycles. The summed E-state index contributed by atoms with van der Waals surface area (Å²) in [5, 5.41) is 0.351. The van der Waals surface area contributed by atoms with E-state index in [4.69, 9.17) is 5.73 Å². The molecule has 0 spiro atoms. The van der Waals surface area contributed by atoms with Gasteiger partial charge in [0.25, 0.3) is 0 Å². The summed E-state index contributed by atoms with van der Waals surface area (Å²) in [6.07, 6.45) is 3.35. The second-order valence-corrected chi connectivity index (χ2v) is 6.54. The summed E-state index contributed by atoms with van der Waals surface area (Å²) in [6, 6.07) is 15.2. The largest absolute Gasteiger partial charge is 0.323 e. The molecular formula is C17H18FNS. The summed E-state index contributed by atoms with van der Waals surface area (Å²) in [4.78, 5) is 1.09. The number of halogens is 1. The third-order valence-corrected chi connectivity index (χ3v) is 5.23. The van der Waals surface area contributed by atoms with Gasteiger partial charge >= 0.3 is 0 Å². The van der Waals surface area contributed by atoms with Gasteiger partial charge in [0.1, 0.15) is 5.82 Å². The number of rotatable bonds is 2. The van der Waals surface area contributed by atoms with Crippen molar-refractivity contribution in [1.29, 1.82) is 0 Å². The van der Waals surface area contributed by atoms with Gasteiger partial charge in [-0.15, -0.1) is 11.8 Å². The smallest absolute Gasteiger partial charge is 0.123 e. The van der Waals surface area contributed by atoms with E-state index in [1.54, 1.807) is 11.8 Å². The lowest BCUT2D eigenvalue weighted by atomic mass is 10.00. The second kappa shape index (κ2) is 5.98. The summed E-state index contributed by atoms with van der Waals surface area (Å²) >= 11 is 1.77. The number of fused-ring (bicyclic) bond motifs is 1. The minimum absolute atomic E-state index is 0.0451. The predicted molar refractivity (Wildman–Crippen MR) is 82.4 cm³/mol. The average Bonchev–Trinajstić information content (AvgIpc) is 2.62. The van der Waals surface area contributed by atoms with E-state index in [0.717, 1.165) is 24.2 Å². The van der Waals surface area contributed by atoms with Crippen LogP contribution in [0, 0.1) is 5.82 Å². The van der Waals surface area contributed by atoms with Crippen LogP contribution in [0.5, 0.6) is 0 Å². The number of hydrogen-bond donors (Lipinski definition) is 1. The number of benzene rings is 2. The lowest BCUT2D eigenvalue weighted by molar-refractivity contribution is 0.625. The van der Waals surface area contributed by atoms with Gasteiger partial charge in [0.15, 0.2) is 0 Å². The third kappa shape index (κ3) is 2.89. The number of thioether (sulfide) groups is 1. The SMILES string of the molecule is NC1c2ccccc2CCCC1Sc1ccc(F)cc1. The standard InChI is InChI=1S/C17H18FNS/c18-13-8-10-14(11-9-13)20-16-7-3-5-12-4-1-2-6-15(12)17(16)19/h1-2,4,6,8-11,16-17H,3,5,7,19H2. The molecule has 0 radical (unpaired) electrons. The van der Waals surface area contributed by atoms with Crippen LogP contribution < -0.4 is 5.73 Å². The molecule has 0 aliphatic heterocycles. The molecule has 1 aliphatic carbocycles. The molecule has 1 aliphatic rings. The van der Waals surface area contributed by atoms with Crippen LogP contribution >= 0.6 is 11.8 Å². The van der Waals surface area contributed by atoms with Gasteiger partial charge < -0.3 is 5.73 Å². The molecule has 0 saturated heterocycles. The van der Waals surface area contributed by atoms with Gasteiger partial charge in [0, 0.05) is 16.2 Å². The van der Waals surface area contributed by atoms with E-state index in [2.05, 4.69) is 24.3 Å². The van der Waals surface area contributed by atoms with Crippen molar-refractivity contribution in [1.82, 2.24) is 0 Å². The Bertz CT molecular complexity index is 582. The van der Waals surface area contributed by atoms with Crippen LogP contribution in [0.15, 0.2) is 53.4 Å². The fourth-order valence-corrected chi connectivity index (χ4v) is 4.00. The van der Waals surface area contributed by atoms with Crippen molar-refractivity contribution in [3.8, 4) is 0 Å². The Morgan fingerprint density at radius 1 is 1.05 bits per heavy atom. The summed E-state index contributed by atoms with van der Waals surface area (Å²) < 4.78 is 13.0. The zero-order valence-corrected chi connectivity index (χ0v) is 12.1. The first kappa shape index (κ1) is 13.7. The summed E-state index contributed by atoms with van der Waals surface area (Å²) in [7, 11) is 0. The molecule has 2 N–H and O–H groups in total. The number of nitrogens with two attached hydrogens (primary N) is 1. The Morgan fingerprint density at radius 3 is 2.60 bits per heavy atom. The molecule has 2 aromatic carbocycles. The summed E-state index contributed by atoms with van der Waals surface area (Å²) in [6.45, 7) is 0. The summed E-state index contributed by atoms with van der Waals surface area (Å²) in [5.41, 5.74) is 9.12. The van der Waals surface area contributed by atoms with Crippen molar-refractivity contribution in [2.75, 3.05) is 0 Å². The fraction of sp³-hybridized carbons (Fsp3) is 0.294. The van der Waals surface area contributed by atoms with E-state index >= 15 is 0 Å². The van der Waals surface area contributed by atoms with Crippen LogP contribution in [0.3, 0.4) is 0 Å². The molecule has 2 unspecified atom stereocenters. The highest BCUT2D eigenvalue weighted by Gasteiger charge is 2.25. The highest BCUT2D eigenvalue weighted by atomic mass is 32.2. The minimum atomic E-state index is -0.190. The quantitative estimate of drug-likeness (QED) is 0.832. The van der Waals surface area contributed by atoms with E-state index in [1.807, 2.05) is 12.1 Å². The molecule has 0 bridgehead atoms. The Balaban J connectivity index is 1.82. The molecule has 0 aromatic heterocycles. The monoisotopic (exact) mass is 287 g/mol. The van der Waals surface area contributed by atoms with E-state index in [-0.39, 0.29) is 11.9 Å². The Morgan fingerprint density at radius 2 is 1.80 bits per heavy atom. The van der Waals surface area contributed by atoms with E-state index in [9.17, 15) is 4.39 Å². The highest BCUT2D eigenvalue weighted by Crippen LogP contribution is 2.37. The zero-order chi connectivity index (χ0) is 13.9. The lowest BCUT2D eigenvalue weighted by Crippen LogP contribution is -2.23. The molecular weight excluding hydrogens is 269 g/mol.